The van der Waals surface area contributed by atoms with Crippen LogP contribution < -0.4 is 0 Å². The summed E-state index contributed by atoms with van der Waals surface area (Å²) in [6.07, 6.45) is 26.5. The highest BCUT2D eigenvalue weighted by molar-refractivity contribution is 5.74. The molecule has 0 radical (unpaired) electrons. The van der Waals surface area contributed by atoms with E-state index in [0.717, 1.165) is 0 Å². The van der Waals surface area contributed by atoms with Gasteiger partial charge in [-0.25, -0.2) is 0 Å². The summed E-state index contributed by atoms with van der Waals surface area (Å²) in [6, 6.07) is 0. The van der Waals surface area contributed by atoms with Crippen LogP contribution in [0, 0.1) is 61.7 Å². The van der Waals surface area contributed by atoms with Crippen molar-refractivity contribution in [3.05, 3.63) is 27.8 Å². The van der Waals surface area contributed by atoms with Gasteiger partial charge in [0.1, 0.15) is 5.75 Å². The first kappa shape index (κ1) is 11.9. The standard InChI is InChI=1S/C16H6O/c1-6-11-12(7-2)14(9-4)16(17)15(10-5)13(11)8-3/h1-5,17H. The normalized spacial score (nSPS) is 7.94. The quantitative estimate of drug-likeness (QED) is 0.645. The average molecular weight is 214 g/mol. The first-order chi connectivity index (χ1) is 8.15. The molecule has 0 saturated carbocycles. The van der Waals surface area contributed by atoms with Crippen LogP contribution in [-0.4, -0.2) is 5.11 Å². The lowest BCUT2D eigenvalue weighted by molar-refractivity contribution is 0.471. The number of benzene rings is 1. The zero-order valence-corrected chi connectivity index (χ0v) is 8.83. The molecule has 1 aromatic carbocycles. The number of aromatic hydroxyl groups is 1. The molecule has 1 N–H and O–H groups in total. The van der Waals surface area contributed by atoms with Gasteiger partial charge in [0.15, 0.2) is 0 Å². The van der Waals surface area contributed by atoms with Gasteiger partial charge in [0, 0.05) is 0 Å². The van der Waals surface area contributed by atoms with Crippen molar-refractivity contribution in [3.63, 3.8) is 0 Å². The maximum atomic E-state index is 9.89. The predicted octanol–water partition coefficient (Wildman–Crippen LogP) is 1.30. The Kier molecular flexibility index (Phi) is 3.19. The lowest BCUT2D eigenvalue weighted by Crippen LogP contribution is -1.99. The first-order valence-electron chi connectivity index (χ1n) is 4.42. The molecule has 0 aliphatic carbocycles. The summed E-state index contributed by atoms with van der Waals surface area (Å²) in [5, 5.41) is 9.89. The lowest BCUT2D eigenvalue weighted by atomic mass is 9.91. The van der Waals surface area contributed by atoms with Crippen LogP contribution >= 0.6 is 0 Å². The Balaban J connectivity index is 4.10. The van der Waals surface area contributed by atoms with E-state index in [9.17, 15) is 5.11 Å². The Morgan fingerprint density at radius 3 is 1.00 bits per heavy atom. The second-order valence-corrected chi connectivity index (χ2v) is 2.95. The summed E-state index contributed by atoms with van der Waals surface area (Å²) in [5.74, 6) is 11.2. The van der Waals surface area contributed by atoms with Crippen LogP contribution in [0.15, 0.2) is 0 Å². The minimum Gasteiger partial charge on any atom is -0.505 e. The Morgan fingerprint density at radius 1 is 0.529 bits per heavy atom. The van der Waals surface area contributed by atoms with Crippen molar-refractivity contribution in [1.82, 2.24) is 0 Å². The molecule has 0 aliphatic rings. The Labute approximate surface area is 101 Å². The van der Waals surface area contributed by atoms with Gasteiger partial charge in [-0.05, 0) is 0 Å². The molecule has 0 aliphatic heterocycles. The maximum absolute atomic E-state index is 9.89. The average Bonchev–Trinajstić information content (AvgIpc) is 2.36. The second kappa shape index (κ2) is 4.56. The number of phenols is 1. The van der Waals surface area contributed by atoms with Gasteiger partial charge in [-0.3, -0.25) is 0 Å². The van der Waals surface area contributed by atoms with Crippen LogP contribution in [-0.2, 0) is 0 Å². The summed E-state index contributed by atoms with van der Waals surface area (Å²) in [5.41, 5.74) is 0.854. The molecule has 0 saturated heterocycles. The summed E-state index contributed by atoms with van der Waals surface area (Å²) in [6.45, 7) is 0. The van der Waals surface area contributed by atoms with E-state index in [1.165, 1.54) is 0 Å². The monoisotopic (exact) mass is 214 g/mol. The molecule has 0 heterocycles. The van der Waals surface area contributed by atoms with E-state index in [0.29, 0.717) is 0 Å². The third-order valence-corrected chi connectivity index (χ3v) is 2.20. The van der Waals surface area contributed by atoms with Gasteiger partial charge in [0.25, 0.3) is 0 Å². The molecule has 1 rings (SSSR count). The molecular formula is C16H6O. The smallest absolute Gasteiger partial charge is 0.149 e. The highest BCUT2D eigenvalue weighted by Crippen LogP contribution is 2.31. The van der Waals surface area contributed by atoms with Crippen molar-refractivity contribution in [3.8, 4) is 67.5 Å². The van der Waals surface area contributed by atoms with E-state index >= 15 is 0 Å². The minimum absolute atomic E-state index is 0.0902. The molecule has 1 heteroatoms. The number of phenolic OH excluding ortho intramolecular Hbond substituents is 1. The molecule has 0 spiro atoms. The SMILES string of the molecule is C#Cc1c(O)c(C#C)c(C#C)c(C#C)c1C#C. The van der Waals surface area contributed by atoms with Crippen LogP contribution in [0.3, 0.4) is 0 Å². The minimum atomic E-state index is -0.282. The van der Waals surface area contributed by atoms with E-state index in [-0.39, 0.29) is 33.6 Å². The molecular weight excluding hydrogens is 208 g/mol. The van der Waals surface area contributed by atoms with Gasteiger partial charge in [-0.2, -0.15) is 0 Å². The molecule has 1 aromatic rings. The lowest BCUT2D eigenvalue weighted by Gasteiger charge is -2.10. The van der Waals surface area contributed by atoms with Gasteiger partial charge >= 0.3 is 0 Å². The number of terminal acetylenes is 5. The van der Waals surface area contributed by atoms with Crippen LogP contribution in [0.25, 0.3) is 0 Å². The van der Waals surface area contributed by atoms with Crippen LogP contribution in [0.4, 0.5) is 0 Å². The molecule has 0 amide bonds. The number of hydrogen-bond acceptors (Lipinski definition) is 1. The number of rotatable bonds is 0. The molecule has 0 unspecified atom stereocenters. The maximum Gasteiger partial charge on any atom is 0.149 e. The fraction of sp³-hybridized carbons (Fsp3) is 0. The Hall–Kier alpha value is -3.18. The van der Waals surface area contributed by atoms with Gasteiger partial charge in [-0.1, -0.05) is 29.6 Å². The molecule has 0 fully saturated rings. The Morgan fingerprint density at radius 2 is 0.765 bits per heavy atom. The van der Waals surface area contributed by atoms with Crippen molar-refractivity contribution >= 4 is 0 Å². The van der Waals surface area contributed by atoms with E-state index in [1.807, 2.05) is 0 Å². The highest BCUT2D eigenvalue weighted by Gasteiger charge is 2.18. The summed E-state index contributed by atoms with van der Waals surface area (Å²) in [4.78, 5) is 0. The zero-order valence-electron chi connectivity index (χ0n) is 8.83. The van der Waals surface area contributed by atoms with Gasteiger partial charge in [0.2, 0.25) is 0 Å². The summed E-state index contributed by atoms with van der Waals surface area (Å²) < 4.78 is 0. The summed E-state index contributed by atoms with van der Waals surface area (Å²) >= 11 is 0. The van der Waals surface area contributed by atoms with Gasteiger partial charge in [-0.15, -0.1) is 32.1 Å². The Bertz CT molecular complexity index is 646. The summed E-state index contributed by atoms with van der Waals surface area (Å²) in [7, 11) is 0. The van der Waals surface area contributed by atoms with E-state index in [1.54, 1.807) is 0 Å². The molecule has 1 nitrogen and oxygen atoms in total. The third-order valence-electron chi connectivity index (χ3n) is 2.20. The van der Waals surface area contributed by atoms with Gasteiger partial charge < -0.3 is 5.11 Å². The van der Waals surface area contributed by atoms with E-state index in [2.05, 4.69) is 29.6 Å². The predicted molar refractivity (Wildman–Crippen MR) is 67.8 cm³/mol. The van der Waals surface area contributed by atoms with Crippen molar-refractivity contribution in [2.75, 3.05) is 0 Å². The molecule has 0 bridgehead atoms. The van der Waals surface area contributed by atoms with Crippen molar-refractivity contribution in [1.29, 1.82) is 0 Å². The largest absolute Gasteiger partial charge is 0.505 e. The molecule has 0 aromatic heterocycles. The van der Waals surface area contributed by atoms with Crippen LogP contribution in [0.2, 0.25) is 0 Å². The van der Waals surface area contributed by atoms with Gasteiger partial charge in [0.05, 0.1) is 27.8 Å². The first-order valence-corrected chi connectivity index (χ1v) is 4.42. The molecule has 17 heavy (non-hydrogen) atoms. The van der Waals surface area contributed by atoms with E-state index in [4.69, 9.17) is 32.1 Å². The van der Waals surface area contributed by atoms with Crippen LogP contribution in [0.1, 0.15) is 27.8 Å². The van der Waals surface area contributed by atoms with Crippen molar-refractivity contribution < 1.29 is 5.11 Å². The third kappa shape index (κ3) is 1.58. The molecule has 0 atom stereocenters. The van der Waals surface area contributed by atoms with Crippen LogP contribution in [0.5, 0.6) is 5.75 Å². The zero-order chi connectivity index (χ0) is 13.0. The highest BCUT2D eigenvalue weighted by atomic mass is 16.3. The fourth-order valence-electron chi connectivity index (χ4n) is 1.45. The number of hydrogen-bond donors (Lipinski definition) is 1. The second-order valence-electron chi connectivity index (χ2n) is 2.95. The fourth-order valence-corrected chi connectivity index (χ4v) is 1.45. The molecule has 76 valence electrons. The topological polar surface area (TPSA) is 20.2 Å². The van der Waals surface area contributed by atoms with E-state index < -0.39 is 0 Å². The van der Waals surface area contributed by atoms with Crippen molar-refractivity contribution in [2.24, 2.45) is 0 Å². The van der Waals surface area contributed by atoms with Crippen molar-refractivity contribution in [2.45, 2.75) is 0 Å².